The van der Waals surface area contributed by atoms with E-state index in [1.54, 1.807) is 7.11 Å². The van der Waals surface area contributed by atoms with Crippen molar-refractivity contribution in [2.45, 2.75) is 56.7 Å². The highest BCUT2D eigenvalue weighted by molar-refractivity contribution is 5.30. The number of hydrogen-bond donors (Lipinski definition) is 1. The van der Waals surface area contributed by atoms with Crippen LogP contribution in [0.25, 0.3) is 0 Å². The van der Waals surface area contributed by atoms with Crippen LogP contribution in [0.4, 0.5) is 0 Å². The van der Waals surface area contributed by atoms with E-state index in [1.807, 2.05) is 12.1 Å². The van der Waals surface area contributed by atoms with Gasteiger partial charge in [-0.3, -0.25) is 0 Å². The monoisotopic (exact) mass is 454 g/mol. The Hall–Kier alpha value is -1.66. The Morgan fingerprint density at radius 3 is 2.42 bits per heavy atom. The van der Waals surface area contributed by atoms with Crippen molar-refractivity contribution in [1.29, 1.82) is 0 Å². The van der Waals surface area contributed by atoms with Crippen molar-refractivity contribution >= 4 is 0 Å². The number of benzene rings is 1. The first-order chi connectivity index (χ1) is 16.1. The van der Waals surface area contributed by atoms with Crippen molar-refractivity contribution in [3.8, 4) is 5.75 Å². The normalized spacial score (nSPS) is 24.9. The van der Waals surface area contributed by atoms with Gasteiger partial charge in [-0.15, -0.1) is 0 Å². The number of hydrogen-bond acceptors (Lipinski definition) is 5. The number of piperazine rings is 1. The van der Waals surface area contributed by atoms with Crippen LogP contribution >= 0.6 is 0 Å². The second-order valence-electron chi connectivity index (χ2n) is 10.1. The maximum Gasteiger partial charge on any atom is 0.118 e. The van der Waals surface area contributed by atoms with Gasteiger partial charge in [0.1, 0.15) is 5.75 Å². The quantitative estimate of drug-likeness (QED) is 0.610. The number of allylic oxidation sites excluding steroid dienone is 1. The summed E-state index contributed by atoms with van der Waals surface area (Å²) in [4.78, 5) is 4.96. The standard InChI is InChI=1S/C28H42N2O3/c1-29-17-19-30(20-18-29)22-27(28(31)15-4-3-5-16-28)24-8-12-26(13-9-24)33-21-14-23-6-10-25(32-2)11-7-23/h6-12,26-27,31H,3-5,13-22H2,1-2H3. The molecule has 1 N–H and O–H groups in total. The van der Waals surface area contributed by atoms with Gasteiger partial charge in [-0.2, -0.15) is 0 Å². The van der Waals surface area contributed by atoms with Crippen molar-refractivity contribution in [2.75, 3.05) is 53.5 Å². The highest BCUT2D eigenvalue weighted by Crippen LogP contribution is 2.40. The third-order valence-electron chi connectivity index (χ3n) is 7.78. The van der Waals surface area contributed by atoms with E-state index in [9.17, 15) is 5.11 Å². The van der Waals surface area contributed by atoms with Gasteiger partial charge >= 0.3 is 0 Å². The van der Waals surface area contributed by atoms with E-state index in [2.05, 4.69) is 47.2 Å². The summed E-state index contributed by atoms with van der Waals surface area (Å²) in [5, 5.41) is 11.7. The largest absolute Gasteiger partial charge is 0.497 e. The minimum Gasteiger partial charge on any atom is -0.497 e. The van der Waals surface area contributed by atoms with Crippen molar-refractivity contribution < 1.29 is 14.6 Å². The maximum absolute atomic E-state index is 11.7. The van der Waals surface area contributed by atoms with Gasteiger partial charge in [0.15, 0.2) is 0 Å². The molecule has 5 heteroatoms. The molecule has 4 rings (SSSR count). The fourth-order valence-corrected chi connectivity index (χ4v) is 5.51. The Balaban J connectivity index is 1.33. The summed E-state index contributed by atoms with van der Waals surface area (Å²) >= 11 is 0. The summed E-state index contributed by atoms with van der Waals surface area (Å²) in [7, 11) is 3.89. The smallest absolute Gasteiger partial charge is 0.118 e. The van der Waals surface area contributed by atoms with E-state index in [1.165, 1.54) is 17.6 Å². The molecule has 2 aliphatic carbocycles. The second-order valence-corrected chi connectivity index (χ2v) is 10.1. The van der Waals surface area contributed by atoms with Crippen molar-refractivity contribution in [3.63, 3.8) is 0 Å². The molecular formula is C28H42N2O3. The molecule has 1 saturated carbocycles. The zero-order valence-electron chi connectivity index (χ0n) is 20.5. The highest BCUT2D eigenvalue weighted by atomic mass is 16.5. The molecule has 1 aromatic rings. The van der Waals surface area contributed by atoms with E-state index in [0.29, 0.717) is 6.61 Å². The average Bonchev–Trinajstić information content (AvgIpc) is 2.85. The van der Waals surface area contributed by atoms with Crippen LogP contribution in [0.5, 0.6) is 5.75 Å². The summed E-state index contributed by atoms with van der Waals surface area (Å²) in [6.45, 7) is 6.09. The minimum atomic E-state index is -0.570. The second kappa shape index (κ2) is 11.7. The average molecular weight is 455 g/mol. The van der Waals surface area contributed by atoms with Gasteiger partial charge in [0.05, 0.1) is 25.4 Å². The minimum absolute atomic E-state index is 0.122. The van der Waals surface area contributed by atoms with E-state index >= 15 is 0 Å². The predicted octanol–water partition coefficient (Wildman–Crippen LogP) is 4.07. The summed E-state index contributed by atoms with van der Waals surface area (Å²) in [5.41, 5.74) is 2.01. The van der Waals surface area contributed by atoms with Gasteiger partial charge in [-0.25, -0.2) is 0 Å². The lowest BCUT2D eigenvalue weighted by molar-refractivity contribution is -0.0485. The van der Waals surface area contributed by atoms with Gasteiger partial charge in [0.2, 0.25) is 0 Å². The first-order valence-corrected chi connectivity index (χ1v) is 12.8. The molecule has 5 nitrogen and oxygen atoms in total. The topological polar surface area (TPSA) is 45.2 Å². The molecule has 0 aromatic heterocycles. The molecule has 2 atom stereocenters. The molecule has 3 aliphatic rings. The molecule has 33 heavy (non-hydrogen) atoms. The van der Waals surface area contributed by atoms with Crippen molar-refractivity contribution in [2.24, 2.45) is 5.92 Å². The molecule has 0 amide bonds. The van der Waals surface area contributed by atoms with E-state index < -0.39 is 5.60 Å². The molecule has 182 valence electrons. The number of nitrogens with zero attached hydrogens (tertiary/aromatic N) is 2. The molecular weight excluding hydrogens is 412 g/mol. The van der Waals surface area contributed by atoms with Crippen molar-refractivity contribution in [3.05, 3.63) is 53.6 Å². The third kappa shape index (κ3) is 6.69. The Bertz CT molecular complexity index is 790. The zero-order chi connectivity index (χ0) is 23.1. The first kappa shape index (κ1) is 24.5. The molecule has 1 heterocycles. The Morgan fingerprint density at radius 2 is 1.79 bits per heavy atom. The van der Waals surface area contributed by atoms with Crippen molar-refractivity contribution in [1.82, 2.24) is 9.80 Å². The number of likely N-dealkylation sites (N-methyl/N-ethyl adjacent to an activating group) is 1. The molecule has 1 saturated heterocycles. The number of rotatable bonds is 9. The first-order valence-electron chi connectivity index (χ1n) is 12.8. The Morgan fingerprint density at radius 1 is 1.06 bits per heavy atom. The van der Waals surface area contributed by atoms with Crippen LogP contribution in [0.3, 0.4) is 0 Å². The molecule has 0 spiro atoms. The van der Waals surface area contributed by atoms with Crippen LogP contribution < -0.4 is 4.74 Å². The molecule has 1 aliphatic heterocycles. The zero-order valence-corrected chi connectivity index (χ0v) is 20.5. The fraction of sp³-hybridized carbons (Fsp3) is 0.643. The lowest BCUT2D eigenvalue weighted by Gasteiger charge is -2.44. The Labute approximate surface area is 200 Å². The fourth-order valence-electron chi connectivity index (χ4n) is 5.51. The number of aliphatic hydroxyl groups is 1. The van der Waals surface area contributed by atoms with Gasteiger partial charge in [-0.05, 0) is 56.0 Å². The summed E-state index contributed by atoms with van der Waals surface area (Å²) < 4.78 is 11.4. The number of methoxy groups -OCH3 is 1. The summed E-state index contributed by atoms with van der Waals surface area (Å²) in [5.74, 6) is 1.08. The van der Waals surface area contributed by atoms with Crippen LogP contribution in [0, 0.1) is 5.92 Å². The predicted molar refractivity (Wildman–Crippen MR) is 134 cm³/mol. The van der Waals surface area contributed by atoms with Gasteiger partial charge in [-0.1, -0.05) is 49.6 Å². The molecule has 2 fully saturated rings. The third-order valence-corrected chi connectivity index (χ3v) is 7.78. The van der Waals surface area contributed by atoms with E-state index in [0.717, 1.165) is 77.0 Å². The van der Waals surface area contributed by atoms with E-state index in [-0.39, 0.29) is 12.0 Å². The van der Waals surface area contributed by atoms with Crippen LogP contribution in [0.1, 0.15) is 44.1 Å². The van der Waals surface area contributed by atoms with E-state index in [4.69, 9.17) is 9.47 Å². The van der Waals surface area contributed by atoms with Gasteiger partial charge < -0.3 is 24.4 Å². The molecule has 2 unspecified atom stereocenters. The molecule has 0 radical (unpaired) electrons. The molecule has 0 bridgehead atoms. The number of ether oxygens (including phenoxy) is 2. The van der Waals surface area contributed by atoms with Crippen LogP contribution in [0.15, 0.2) is 48.1 Å². The lowest BCUT2D eigenvalue weighted by Crippen LogP contribution is -2.51. The van der Waals surface area contributed by atoms with Gasteiger partial charge in [0.25, 0.3) is 0 Å². The molecule has 1 aromatic carbocycles. The van der Waals surface area contributed by atoms with Gasteiger partial charge in [0, 0.05) is 38.6 Å². The highest BCUT2D eigenvalue weighted by Gasteiger charge is 2.40. The summed E-state index contributed by atoms with van der Waals surface area (Å²) in [6, 6.07) is 8.21. The van der Waals surface area contributed by atoms with Crippen LogP contribution in [-0.2, 0) is 11.2 Å². The SMILES string of the molecule is COc1ccc(CCOC2C=CC(C(CN3CCN(C)CC3)C3(O)CCCCC3)=CC2)cc1. The van der Waals surface area contributed by atoms with Crippen LogP contribution in [0.2, 0.25) is 0 Å². The Kier molecular flexibility index (Phi) is 8.64. The lowest BCUT2D eigenvalue weighted by atomic mass is 9.71. The van der Waals surface area contributed by atoms with Crippen LogP contribution in [-0.4, -0.2) is 80.1 Å². The summed E-state index contributed by atoms with van der Waals surface area (Å²) in [6.07, 6.45) is 14.1. The maximum atomic E-state index is 11.7.